The molecule has 13 heavy (non-hydrogen) atoms. The van der Waals surface area contributed by atoms with Gasteiger partial charge in [0.1, 0.15) is 0 Å². The Bertz CT molecular complexity index is 244. The molecule has 0 fully saturated rings. The fraction of sp³-hybridized carbons (Fsp3) is 0.333. The Morgan fingerprint density at radius 1 is 0.923 bits per heavy atom. The SMILES string of the molecule is BrCCCCC1=C/C=C\C=C/C=C\1. The van der Waals surface area contributed by atoms with Gasteiger partial charge in [0, 0.05) is 5.33 Å². The molecule has 1 aliphatic rings. The average Bonchev–Trinajstić information content (AvgIpc) is 2.08. The van der Waals surface area contributed by atoms with Gasteiger partial charge in [0.2, 0.25) is 0 Å². The van der Waals surface area contributed by atoms with Gasteiger partial charge in [-0.15, -0.1) is 0 Å². The van der Waals surface area contributed by atoms with Crippen molar-refractivity contribution in [3.8, 4) is 0 Å². The zero-order valence-electron chi connectivity index (χ0n) is 7.75. The molecule has 0 nitrogen and oxygen atoms in total. The maximum Gasteiger partial charge on any atom is 0.00314 e. The minimum atomic E-state index is 1.11. The van der Waals surface area contributed by atoms with E-state index in [1.165, 1.54) is 24.8 Å². The van der Waals surface area contributed by atoms with Crippen LogP contribution in [0.15, 0.2) is 48.1 Å². The highest BCUT2D eigenvalue weighted by Crippen LogP contribution is 2.11. The summed E-state index contributed by atoms with van der Waals surface area (Å²) in [6.07, 6.45) is 18.4. The monoisotopic (exact) mass is 238 g/mol. The van der Waals surface area contributed by atoms with Crippen LogP contribution in [0.25, 0.3) is 0 Å². The number of rotatable bonds is 4. The standard InChI is InChI=1S/C12H15Br/c13-11-7-6-10-12-8-4-2-1-3-5-9-12/h1-5,8-9H,6-7,10-11H2/b2-1-,3-1?,4-2?,5-3-,8-4-,9-5?,12-8?,12-9+. The first-order valence-corrected chi connectivity index (χ1v) is 5.82. The first-order valence-electron chi connectivity index (χ1n) is 4.70. The van der Waals surface area contributed by atoms with E-state index in [-0.39, 0.29) is 0 Å². The predicted molar refractivity (Wildman–Crippen MR) is 63.1 cm³/mol. The van der Waals surface area contributed by atoms with Crippen molar-refractivity contribution in [2.45, 2.75) is 19.3 Å². The van der Waals surface area contributed by atoms with Crippen molar-refractivity contribution in [2.75, 3.05) is 5.33 Å². The summed E-state index contributed by atoms with van der Waals surface area (Å²) in [5, 5.41) is 1.11. The first kappa shape index (κ1) is 10.5. The molecule has 0 spiro atoms. The predicted octanol–water partition coefficient (Wildman–Crippen LogP) is 4.16. The van der Waals surface area contributed by atoms with Gasteiger partial charge in [-0.05, 0) is 24.8 Å². The van der Waals surface area contributed by atoms with E-state index in [0.717, 1.165) is 5.33 Å². The summed E-state index contributed by atoms with van der Waals surface area (Å²) in [6, 6.07) is 0. The summed E-state index contributed by atoms with van der Waals surface area (Å²) in [5.41, 5.74) is 1.42. The third-order valence-corrected chi connectivity index (χ3v) is 2.47. The molecule has 0 bridgehead atoms. The second-order valence-electron chi connectivity index (χ2n) is 3.02. The third kappa shape index (κ3) is 4.89. The molecule has 0 aliphatic heterocycles. The molecule has 0 saturated heterocycles. The molecule has 0 N–H and O–H groups in total. The lowest BCUT2D eigenvalue weighted by Crippen LogP contribution is -1.82. The number of unbranched alkanes of at least 4 members (excludes halogenated alkanes) is 1. The van der Waals surface area contributed by atoms with E-state index < -0.39 is 0 Å². The molecule has 0 saturated carbocycles. The highest BCUT2D eigenvalue weighted by Gasteiger charge is 1.92. The lowest BCUT2D eigenvalue weighted by molar-refractivity contribution is 0.809. The maximum absolute atomic E-state index is 3.44. The van der Waals surface area contributed by atoms with E-state index in [1.807, 2.05) is 6.08 Å². The van der Waals surface area contributed by atoms with Crippen LogP contribution in [-0.4, -0.2) is 5.33 Å². The zero-order valence-corrected chi connectivity index (χ0v) is 9.33. The molecule has 1 rings (SSSR count). The molecule has 0 heterocycles. The van der Waals surface area contributed by atoms with Gasteiger partial charge in [-0.3, -0.25) is 0 Å². The van der Waals surface area contributed by atoms with E-state index >= 15 is 0 Å². The third-order valence-electron chi connectivity index (χ3n) is 1.91. The summed E-state index contributed by atoms with van der Waals surface area (Å²) in [6.45, 7) is 0. The highest BCUT2D eigenvalue weighted by atomic mass is 79.9. The quantitative estimate of drug-likeness (QED) is 0.510. The molecule has 0 atom stereocenters. The van der Waals surface area contributed by atoms with Gasteiger partial charge in [-0.25, -0.2) is 0 Å². The Hall–Kier alpha value is -0.560. The summed E-state index contributed by atoms with van der Waals surface area (Å²) in [4.78, 5) is 0. The molecule has 1 heteroatoms. The van der Waals surface area contributed by atoms with Crippen molar-refractivity contribution < 1.29 is 0 Å². The van der Waals surface area contributed by atoms with Gasteiger partial charge < -0.3 is 0 Å². The van der Waals surface area contributed by atoms with Crippen LogP contribution in [0.2, 0.25) is 0 Å². The summed E-state index contributed by atoms with van der Waals surface area (Å²) >= 11 is 3.44. The molecule has 0 aromatic heterocycles. The molecule has 1 aliphatic carbocycles. The van der Waals surface area contributed by atoms with Crippen LogP contribution in [0, 0.1) is 0 Å². The lowest BCUT2D eigenvalue weighted by Gasteiger charge is -2.00. The summed E-state index contributed by atoms with van der Waals surface area (Å²) in [7, 11) is 0. The smallest absolute Gasteiger partial charge is 0.00314 e. The van der Waals surface area contributed by atoms with E-state index in [0.29, 0.717) is 0 Å². The average molecular weight is 239 g/mol. The Kier molecular flexibility index (Phi) is 5.59. The number of hydrogen-bond donors (Lipinski definition) is 0. The lowest BCUT2D eigenvalue weighted by atomic mass is 10.1. The van der Waals surface area contributed by atoms with Crippen LogP contribution in [-0.2, 0) is 0 Å². The molecule has 0 amide bonds. The second-order valence-corrected chi connectivity index (χ2v) is 3.81. The van der Waals surface area contributed by atoms with Crippen LogP contribution in [0.5, 0.6) is 0 Å². The van der Waals surface area contributed by atoms with Gasteiger partial charge in [0.15, 0.2) is 0 Å². The number of allylic oxidation sites excluding steroid dienone is 8. The van der Waals surface area contributed by atoms with Crippen molar-refractivity contribution in [1.82, 2.24) is 0 Å². The van der Waals surface area contributed by atoms with Gasteiger partial charge >= 0.3 is 0 Å². The van der Waals surface area contributed by atoms with Crippen molar-refractivity contribution in [3.05, 3.63) is 48.1 Å². The summed E-state index contributed by atoms with van der Waals surface area (Å²) in [5.74, 6) is 0. The van der Waals surface area contributed by atoms with Crippen molar-refractivity contribution >= 4 is 15.9 Å². The first-order chi connectivity index (χ1) is 6.43. The van der Waals surface area contributed by atoms with Gasteiger partial charge in [0.25, 0.3) is 0 Å². The summed E-state index contributed by atoms with van der Waals surface area (Å²) < 4.78 is 0. The van der Waals surface area contributed by atoms with Crippen molar-refractivity contribution in [2.24, 2.45) is 0 Å². The molecule has 0 unspecified atom stereocenters. The number of halogens is 1. The van der Waals surface area contributed by atoms with Crippen molar-refractivity contribution in [3.63, 3.8) is 0 Å². The topological polar surface area (TPSA) is 0 Å². The second kappa shape index (κ2) is 6.90. The van der Waals surface area contributed by atoms with Crippen LogP contribution >= 0.6 is 15.9 Å². The number of alkyl halides is 1. The molecular formula is C12H15Br. The molecule has 0 radical (unpaired) electrons. The van der Waals surface area contributed by atoms with Gasteiger partial charge in [-0.2, -0.15) is 0 Å². The van der Waals surface area contributed by atoms with Crippen molar-refractivity contribution in [1.29, 1.82) is 0 Å². The van der Waals surface area contributed by atoms with Crippen LogP contribution in [0.3, 0.4) is 0 Å². The normalized spacial score (nSPS) is 26.7. The van der Waals surface area contributed by atoms with Crippen LogP contribution in [0.1, 0.15) is 19.3 Å². The Morgan fingerprint density at radius 3 is 2.54 bits per heavy atom. The van der Waals surface area contributed by atoms with Gasteiger partial charge in [-0.1, -0.05) is 58.5 Å². The Labute approximate surface area is 88.9 Å². The number of hydrogen-bond acceptors (Lipinski definition) is 0. The Balaban J connectivity index is 2.39. The largest absolute Gasteiger partial charge is 0.0928 e. The maximum atomic E-state index is 3.44. The van der Waals surface area contributed by atoms with Crippen LogP contribution in [0.4, 0.5) is 0 Å². The molecular weight excluding hydrogens is 224 g/mol. The van der Waals surface area contributed by atoms with E-state index in [2.05, 4.69) is 52.4 Å². The minimum Gasteiger partial charge on any atom is -0.0928 e. The fourth-order valence-corrected chi connectivity index (χ4v) is 1.59. The molecule has 70 valence electrons. The fourth-order valence-electron chi connectivity index (χ4n) is 1.20. The molecule has 0 aromatic carbocycles. The minimum absolute atomic E-state index is 1.11. The van der Waals surface area contributed by atoms with E-state index in [4.69, 9.17) is 0 Å². The van der Waals surface area contributed by atoms with E-state index in [9.17, 15) is 0 Å². The highest BCUT2D eigenvalue weighted by molar-refractivity contribution is 9.09. The zero-order chi connectivity index (χ0) is 9.36. The van der Waals surface area contributed by atoms with Crippen LogP contribution < -0.4 is 0 Å². The molecule has 0 aromatic rings. The van der Waals surface area contributed by atoms with E-state index in [1.54, 1.807) is 0 Å². The van der Waals surface area contributed by atoms with Gasteiger partial charge in [0.05, 0.1) is 0 Å². The Morgan fingerprint density at radius 2 is 1.69 bits per heavy atom.